The maximum atomic E-state index is 11.9. The Morgan fingerprint density at radius 3 is 2.44 bits per heavy atom. The summed E-state index contributed by atoms with van der Waals surface area (Å²) in [5, 5.41) is 8.03. The van der Waals surface area contributed by atoms with Crippen molar-refractivity contribution in [3.05, 3.63) is 77.9 Å². The number of hydrogen-bond donors (Lipinski definition) is 2. The minimum atomic E-state index is -0.147. The molecule has 4 nitrogen and oxygen atoms in total. The van der Waals surface area contributed by atoms with Gasteiger partial charge in [-0.05, 0) is 46.5 Å². The van der Waals surface area contributed by atoms with E-state index in [0.29, 0.717) is 13.1 Å². The van der Waals surface area contributed by atoms with Crippen LogP contribution < -0.4 is 15.4 Å². The Morgan fingerprint density at radius 2 is 1.64 bits per heavy atom. The van der Waals surface area contributed by atoms with E-state index in [0.717, 1.165) is 28.5 Å². The van der Waals surface area contributed by atoms with Crippen LogP contribution in [0.5, 0.6) is 5.75 Å². The van der Waals surface area contributed by atoms with Gasteiger partial charge in [0, 0.05) is 13.1 Å². The molecule has 0 radical (unpaired) electrons. The van der Waals surface area contributed by atoms with E-state index in [1.807, 2.05) is 48.5 Å². The number of hydrogen-bond acceptors (Lipinski definition) is 2. The van der Waals surface area contributed by atoms with Crippen molar-refractivity contribution in [2.45, 2.75) is 13.0 Å². The first kappa shape index (κ1) is 16.8. The molecule has 0 heterocycles. The summed E-state index contributed by atoms with van der Waals surface area (Å²) in [6, 6.07) is 22.1. The molecule has 3 rings (SSSR count). The van der Waals surface area contributed by atoms with E-state index in [4.69, 9.17) is 4.74 Å². The third kappa shape index (κ3) is 4.73. The monoisotopic (exact) mass is 334 g/mol. The van der Waals surface area contributed by atoms with Crippen LogP contribution in [-0.4, -0.2) is 19.7 Å². The molecule has 0 bridgehead atoms. The number of ether oxygens (including phenoxy) is 1. The molecule has 2 N–H and O–H groups in total. The zero-order valence-corrected chi connectivity index (χ0v) is 14.3. The second-order valence-electron chi connectivity index (χ2n) is 5.89. The van der Waals surface area contributed by atoms with Crippen molar-refractivity contribution in [1.82, 2.24) is 10.6 Å². The van der Waals surface area contributed by atoms with E-state index in [1.165, 1.54) is 5.56 Å². The van der Waals surface area contributed by atoms with Crippen molar-refractivity contribution in [3.8, 4) is 5.75 Å². The van der Waals surface area contributed by atoms with E-state index in [2.05, 4.69) is 28.8 Å². The normalized spacial score (nSPS) is 10.4. The molecule has 0 aliphatic carbocycles. The molecule has 3 aromatic carbocycles. The molecule has 128 valence electrons. The van der Waals surface area contributed by atoms with Crippen LogP contribution in [0.1, 0.15) is 11.1 Å². The average Bonchev–Trinajstić information content (AvgIpc) is 2.66. The summed E-state index contributed by atoms with van der Waals surface area (Å²) in [6.07, 6.45) is 0.825. The lowest BCUT2D eigenvalue weighted by molar-refractivity contribution is 0.240. The van der Waals surface area contributed by atoms with Crippen LogP contribution in [0.25, 0.3) is 10.8 Å². The fraction of sp³-hybridized carbons (Fsp3) is 0.190. The summed E-state index contributed by atoms with van der Waals surface area (Å²) < 4.78 is 5.24. The molecule has 4 heteroatoms. The third-order valence-corrected chi connectivity index (χ3v) is 4.11. The quantitative estimate of drug-likeness (QED) is 0.718. The van der Waals surface area contributed by atoms with Gasteiger partial charge in [-0.15, -0.1) is 0 Å². The number of benzene rings is 3. The van der Waals surface area contributed by atoms with Crippen LogP contribution in [0.2, 0.25) is 0 Å². The summed E-state index contributed by atoms with van der Waals surface area (Å²) in [6.45, 7) is 1.12. The number of nitrogens with one attached hydrogen (secondary N) is 2. The first-order chi connectivity index (χ1) is 12.2. The van der Waals surface area contributed by atoms with E-state index in [9.17, 15) is 4.79 Å². The highest BCUT2D eigenvalue weighted by Gasteiger charge is 2.02. The predicted octanol–water partition coefficient (Wildman–Crippen LogP) is 3.89. The standard InChI is InChI=1S/C21H22N2O2/c1-25-20-10-9-18-13-17(7-8-19(18)14-20)15-23-21(24)22-12-11-16-5-3-2-4-6-16/h2-10,13-14H,11-12,15H2,1H3,(H2,22,23,24). The lowest BCUT2D eigenvalue weighted by atomic mass is 10.1. The van der Waals surface area contributed by atoms with Gasteiger partial charge in [0.1, 0.15) is 5.75 Å². The summed E-state index contributed by atoms with van der Waals surface area (Å²) in [5.41, 5.74) is 2.28. The number of carbonyl (C=O) groups excluding carboxylic acids is 1. The Balaban J connectivity index is 1.49. The Bertz CT molecular complexity index is 847. The average molecular weight is 334 g/mol. The lowest BCUT2D eigenvalue weighted by Crippen LogP contribution is -2.36. The van der Waals surface area contributed by atoms with Gasteiger partial charge in [0.2, 0.25) is 0 Å². The Hall–Kier alpha value is -3.01. The second kappa shape index (κ2) is 8.20. The molecular formula is C21H22N2O2. The molecule has 0 fully saturated rings. The minimum Gasteiger partial charge on any atom is -0.497 e. The van der Waals surface area contributed by atoms with Crippen LogP contribution in [-0.2, 0) is 13.0 Å². The highest BCUT2D eigenvalue weighted by molar-refractivity contribution is 5.84. The van der Waals surface area contributed by atoms with Crippen molar-refractivity contribution in [3.63, 3.8) is 0 Å². The number of amides is 2. The highest BCUT2D eigenvalue weighted by Crippen LogP contribution is 2.21. The molecule has 0 saturated carbocycles. The molecular weight excluding hydrogens is 312 g/mol. The Labute approximate surface area is 147 Å². The van der Waals surface area contributed by atoms with Crippen molar-refractivity contribution in [1.29, 1.82) is 0 Å². The largest absolute Gasteiger partial charge is 0.497 e. The fourth-order valence-corrected chi connectivity index (χ4v) is 2.72. The van der Waals surface area contributed by atoms with Gasteiger partial charge in [-0.1, -0.05) is 48.5 Å². The van der Waals surface area contributed by atoms with Gasteiger partial charge in [0.15, 0.2) is 0 Å². The number of rotatable bonds is 6. The van der Waals surface area contributed by atoms with Gasteiger partial charge in [0.05, 0.1) is 7.11 Å². The molecule has 3 aromatic rings. The molecule has 25 heavy (non-hydrogen) atoms. The van der Waals surface area contributed by atoms with Crippen molar-refractivity contribution in [2.24, 2.45) is 0 Å². The molecule has 0 atom stereocenters. The van der Waals surface area contributed by atoms with Crippen LogP contribution in [0, 0.1) is 0 Å². The van der Waals surface area contributed by atoms with Gasteiger partial charge < -0.3 is 15.4 Å². The minimum absolute atomic E-state index is 0.147. The van der Waals surface area contributed by atoms with Gasteiger partial charge in [0.25, 0.3) is 0 Å². The van der Waals surface area contributed by atoms with Gasteiger partial charge >= 0.3 is 6.03 Å². The van der Waals surface area contributed by atoms with Crippen LogP contribution in [0.3, 0.4) is 0 Å². The first-order valence-electron chi connectivity index (χ1n) is 8.37. The predicted molar refractivity (Wildman–Crippen MR) is 101 cm³/mol. The van der Waals surface area contributed by atoms with Gasteiger partial charge in [-0.3, -0.25) is 0 Å². The molecule has 0 spiro atoms. The van der Waals surface area contributed by atoms with E-state index in [-0.39, 0.29) is 6.03 Å². The lowest BCUT2D eigenvalue weighted by Gasteiger charge is -2.09. The summed E-state index contributed by atoms with van der Waals surface area (Å²) >= 11 is 0. The third-order valence-electron chi connectivity index (χ3n) is 4.11. The molecule has 0 aliphatic heterocycles. The fourth-order valence-electron chi connectivity index (χ4n) is 2.72. The smallest absolute Gasteiger partial charge is 0.315 e. The summed E-state index contributed by atoms with van der Waals surface area (Å²) in [5.74, 6) is 0.844. The highest BCUT2D eigenvalue weighted by atomic mass is 16.5. The van der Waals surface area contributed by atoms with Crippen molar-refractivity contribution < 1.29 is 9.53 Å². The Kier molecular flexibility index (Phi) is 5.52. The van der Waals surface area contributed by atoms with E-state index in [1.54, 1.807) is 7.11 Å². The van der Waals surface area contributed by atoms with Crippen LogP contribution in [0.4, 0.5) is 4.79 Å². The van der Waals surface area contributed by atoms with Crippen LogP contribution >= 0.6 is 0 Å². The van der Waals surface area contributed by atoms with Gasteiger partial charge in [-0.25, -0.2) is 4.79 Å². The SMILES string of the molecule is COc1ccc2cc(CNC(=O)NCCc3ccccc3)ccc2c1. The number of methoxy groups -OCH3 is 1. The van der Waals surface area contributed by atoms with E-state index >= 15 is 0 Å². The molecule has 0 saturated heterocycles. The topological polar surface area (TPSA) is 50.4 Å². The van der Waals surface area contributed by atoms with Crippen molar-refractivity contribution in [2.75, 3.05) is 13.7 Å². The Morgan fingerprint density at radius 1 is 0.880 bits per heavy atom. The van der Waals surface area contributed by atoms with E-state index < -0.39 is 0 Å². The number of carbonyl (C=O) groups is 1. The summed E-state index contributed by atoms with van der Waals surface area (Å²) in [4.78, 5) is 11.9. The molecule has 0 unspecified atom stereocenters. The van der Waals surface area contributed by atoms with Crippen molar-refractivity contribution >= 4 is 16.8 Å². The van der Waals surface area contributed by atoms with Gasteiger partial charge in [-0.2, -0.15) is 0 Å². The van der Waals surface area contributed by atoms with Crippen LogP contribution in [0.15, 0.2) is 66.7 Å². The molecule has 0 aromatic heterocycles. The maximum absolute atomic E-state index is 11.9. The zero-order chi connectivity index (χ0) is 17.5. The zero-order valence-electron chi connectivity index (χ0n) is 14.3. The second-order valence-corrected chi connectivity index (χ2v) is 5.89. The molecule has 2 amide bonds. The first-order valence-corrected chi connectivity index (χ1v) is 8.37. The molecule has 0 aliphatic rings. The summed E-state index contributed by atoms with van der Waals surface area (Å²) in [7, 11) is 1.66. The number of fused-ring (bicyclic) bond motifs is 1. The maximum Gasteiger partial charge on any atom is 0.315 e. The number of urea groups is 1.